The Balaban J connectivity index is 1.66. The number of phenols is 1. The fourth-order valence-electron chi connectivity index (χ4n) is 2.84. The van der Waals surface area contributed by atoms with E-state index in [4.69, 9.17) is 16.0 Å². The summed E-state index contributed by atoms with van der Waals surface area (Å²) >= 11 is 5.85. The van der Waals surface area contributed by atoms with Crippen LogP contribution in [-0.4, -0.2) is 30.9 Å². The number of nitrogens with one attached hydrogen (secondary N) is 1. The van der Waals surface area contributed by atoms with Gasteiger partial charge in [0.2, 0.25) is 15.9 Å². The van der Waals surface area contributed by atoms with Crippen LogP contribution in [-0.2, 0) is 27.9 Å². The maximum atomic E-state index is 12.8. The molecule has 0 unspecified atom stereocenters. The van der Waals surface area contributed by atoms with E-state index in [1.165, 1.54) is 23.3 Å². The Morgan fingerprint density at radius 3 is 2.57 bits per heavy atom. The summed E-state index contributed by atoms with van der Waals surface area (Å²) in [5.74, 6) is 0.373. The molecule has 0 aliphatic carbocycles. The van der Waals surface area contributed by atoms with E-state index in [0.717, 1.165) is 0 Å². The molecule has 3 rings (SSSR count). The lowest BCUT2D eigenvalue weighted by Gasteiger charge is -2.22. The van der Waals surface area contributed by atoms with E-state index in [0.29, 0.717) is 16.3 Å². The third kappa shape index (κ3) is 5.85. The summed E-state index contributed by atoms with van der Waals surface area (Å²) in [5, 5.41) is 10.3. The Kier molecular flexibility index (Phi) is 7.15. The average Bonchev–Trinajstić information content (AvgIpc) is 3.22. The van der Waals surface area contributed by atoms with Gasteiger partial charge in [-0.25, -0.2) is 13.1 Å². The highest BCUT2D eigenvalue weighted by Crippen LogP contribution is 2.20. The van der Waals surface area contributed by atoms with Crippen LogP contribution < -0.4 is 4.72 Å². The number of phenolic OH excluding ortho intramolecular Hbond substituents is 1. The number of halogens is 1. The lowest BCUT2D eigenvalue weighted by atomic mass is 10.1. The fourth-order valence-corrected chi connectivity index (χ4v) is 4.17. The van der Waals surface area contributed by atoms with E-state index in [2.05, 4.69) is 4.72 Å². The van der Waals surface area contributed by atoms with Crippen molar-refractivity contribution in [2.45, 2.75) is 24.4 Å². The summed E-state index contributed by atoms with van der Waals surface area (Å²) in [4.78, 5) is 14.3. The zero-order chi connectivity index (χ0) is 21.6. The van der Waals surface area contributed by atoms with Crippen LogP contribution in [0.4, 0.5) is 0 Å². The maximum Gasteiger partial charge on any atom is 0.240 e. The second-order valence-corrected chi connectivity index (χ2v) is 8.77. The Morgan fingerprint density at radius 1 is 1.07 bits per heavy atom. The van der Waals surface area contributed by atoms with E-state index in [1.807, 2.05) is 0 Å². The van der Waals surface area contributed by atoms with Gasteiger partial charge in [-0.15, -0.1) is 0 Å². The number of aromatic hydroxyl groups is 1. The molecule has 1 aromatic heterocycles. The van der Waals surface area contributed by atoms with Gasteiger partial charge in [0.1, 0.15) is 11.5 Å². The van der Waals surface area contributed by atoms with Crippen LogP contribution in [0.5, 0.6) is 5.75 Å². The number of hydrogen-bond donors (Lipinski definition) is 2. The molecule has 0 fully saturated rings. The van der Waals surface area contributed by atoms with Gasteiger partial charge in [0, 0.05) is 30.1 Å². The Hall–Kier alpha value is -2.81. The first-order valence-electron chi connectivity index (χ1n) is 9.17. The molecule has 0 radical (unpaired) electrons. The molecule has 0 saturated carbocycles. The molecule has 0 saturated heterocycles. The third-order valence-corrected chi connectivity index (χ3v) is 6.06. The standard InChI is InChI=1S/C21H21ClN2O5S/c22-17-6-3-8-19(13-17)30(27,28)23-11-10-21(26)24(15-18-7-4-12-29-18)14-16-5-1-2-9-20(16)25/h1-9,12-13,23,25H,10-11,14-15H2. The van der Waals surface area contributed by atoms with Crippen molar-refractivity contribution in [1.29, 1.82) is 0 Å². The molecule has 30 heavy (non-hydrogen) atoms. The SMILES string of the molecule is O=C(CCNS(=O)(=O)c1cccc(Cl)c1)N(Cc1ccco1)Cc1ccccc1O. The van der Waals surface area contributed by atoms with E-state index < -0.39 is 10.0 Å². The van der Waals surface area contributed by atoms with E-state index in [1.54, 1.807) is 48.5 Å². The smallest absolute Gasteiger partial charge is 0.240 e. The number of nitrogens with zero attached hydrogens (tertiary/aromatic N) is 1. The molecule has 2 N–H and O–H groups in total. The first kappa shape index (κ1) is 21.9. The number of benzene rings is 2. The van der Waals surface area contributed by atoms with Gasteiger partial charge in [-0.2, -0.15) is 0 Å². The first-order valence-corrected chi connectivity index (χ1v) is 11.0. The minimum atomic E-state index is -3.78. The maximum absolute atomic E-state index is 12.8. The number of carbonyl (C=O) groups is 1. The minimum Gasteiger partial charge on any atom is -0.508 e. The van der Waals surface area contributed by atoms with Crippen LogP contribution in [0.15, 0.2) is 76.2 Å². The molecule has 0 atom stereocenters. The molecule has 158 valence electrons. The molecule has 1 amide bonds. The summed E-state index contributed by atoms with van der Waals surface area (Å²) < 4.78 is 32.5. The number of furan rings is 1. The van der Waals surface area contributed by atoms with Gasteiger partial charge in [0.25, 0.3) is 0 Å². The highest BCUT2D eigenvalue weighted by molar-refractivity contribution is 7.89. The van der Waals surface area contributed by atoms with Crippen molar-refractivity contribution in [2.75, 3.05) is 6.54 Å². The Labute approximate surface area is 179 Å². The van der Waals surface area contributed by atoms with Crippen molar-refractivity contribution >= 4 is 27.5 Å². The molecule has 9 heteroatoms. The molecular formula is C21H21ClN2O5S. The average molecular weight is 449 g/mol. The summed E-state index contributed by atoms with van der Waals surface area (Å²) in [6.45, 7) is 0.275. The quantitative estimate of drug-likeness (QED) is 0.521. The number of hydrogen-bond acceptors (Lipinski definition) is 5. The lowest BCUT2D eigenvalue weighted by Crippen LogP contribution is -2.34. The minimum absolute atomic E-state index is 0.0316. The normalized spacial score (nSPS) is 11.4. The van der Waals surface area contributed by atoms with Crippen LogP contribution in [0.3, 0.4) is 0 Å². The molecule has 0 spiro atoms. The van der Waals surface area contributed by atoms with Gasteiger partial charge in [0.05, 0.1) is 17.7 Å². The highest BCUT2D eigenvalue weighted by atomic mass is 35.5. The largest absolute Gasteiger partial charge is 0.508 e. The van der Waals surface area contributed by atoms with Crippen LogP contribution in [0.2, 0.25) is 5.02 Å². The second-order valence-electron chi connectivity index (χ2n) is 6.56. The van der Waals surface area contributed by atoms with Gasteiger partial charge in [-0.3, -0.25) is 4.79 Å². The second kappa shape index (κ2) is 9.80. The van der Waals surface area contributed by atoms with E-state index >= 15 is 0 Å². The number of sulfonamides is 1. The molecule has 0 aliphatic heterocycles. The van der Waals surface area contributed by atoms with Gasteiger partial charge in [-0.1, -0.05) is 35.9 Å². The van der Waals surface area contributed by atoms with Crippen molar-refractivity contribution in [3.63, 3.8) is 0 Å². The van der Waals surface area contributed by atoms with Crippen molar-refractivity contribution < 1.29 is 22.7 Å². The highest BCUT2D eigenvalue weighted by Gasteiger charge is 2.19. The molecule has 1 heterocycles. The van der Waals surface area contributed by atoms with Crippen molar-refractivity contribution in [2.24, 2.45) is 0 Å². The fraction of sp³-hybridized carbons (Fsp3) is 0.190. The Bertz CT molecular complexity index is 1100. The predicted molar refractivity (Wildman–Crippen MR) is 112 cm³/mol. The number of amides is 1. The topological polar surface area (TPSA) is 99.9 Å². The summed E-state index contributed by atoms with van der Waals surface area (Å²) in [5.41, 5.74) is 0.580. The molecule has 2 aromatic carbocycles. The zero-order valence-electron chi connectivity index (χ0n) is 16.0. The van der Waals surface area contributed by atoms with Crippen LogP contribution in [0, 0.1) is 0 Å². The van der Waals surface area contributed by atoms with Crippen molar-refractivity contribution in [1.82, 2.24) is 9.62 Å². The monoisotopic (exact) mass is 448 g/mol. The lowest BCUT2D eigenvalue weighted by molar-refractivity contribution is -0.132. The molecule has 0 aliphatic rings. The summed E-state index contributed by atoms with van der Waals surface area (Å²) in [6.07, 6.45) is 1.45. The molecule has 7 nitrogen and oxygen atoms in total. The van der Waals surface area contributed by atoms with Crippen LogP contribution in [0.1, 0.15) is 17.7 Å². The number of rotatable bonds is 9. The predicted octanol–water partition coefficient (Wildman–Crippen LogP) is 3.54. The number of carbonyl (C=O) groups excluding carboxylic acids is 1. The van der Waals surface area contributed by atoms with Gasteiger partial charge in [0.15, 0.2) is 0 Å². The summed E-state index contributed by atoms with van der Waals surface area (Å²) in [6, 6.07) is 16.1. The van der Waals surface area contributed by atoms with Crippen LogP contribution in [0.25, 0.3) is 0 Å². The van der Waals surface area contributed by atoms with Crippen LogP contribution >= 0.6 is 11.6 Å². The van der Waals surface area contributed by atoms with Gasteiger partial charge >= 0.3 is 0 Å². The number of para-hydroxylation sites is 1. The molecular weight excluding hydrogens is 428 g/mol. The molecule has 0 bridgehead atoms. The van der Waals surface area contributed by atoms with Crippen molar-refractivity contribution in [3.8, 4) is 5.75 Å². The third-order valence-electron chi connectivity index (χ3n) is 4.37. The van der Waals surface area contributed by atoms with Gasteiger partial charge in [-0.05, 0) is 36.4 Å². The van der Waals surface area contributed by atoms with Crippen molar-refractivity contribution in [3.05, 3.63) is 83.3 Å². The zero-order valence-corrected chi connectivity index (χ0v) is 17.6. The first-order chi connectivity index (χ1) is 14.3. The van der Waals surface area contributed by atoms with E-state index in [9.17, 15) is 18.3 Å². The Morgan fingerprint density at radius 2 is 1.87 bits per heavy atom. The molecule has 3 aromatic rings. The van der Waals surface area contributed by atoms with Gasteiger partial charge < -0.3 is 14.4 Å². The van der Waals surface area contributed by atoms with E-state index in [-0.39, 0.29) is 42.6 Å². The summed E-state index contributed by atoms with van der Waals surface area (Å²) in [7, 11) is -3.78.